The number of aromatic nitrogens is 2. The summed E-state index contributed by atoms with van der Waals surface area (Å²) in [4.78, 5) is 9.18. The van der Waals surface area contributed by atoms with Crippen LogP contribution in [0.5, 0.6) is 0 Å². The van der Waals surface area contributed by atoms with Crippen molar-refractivity contribution in [2.75, 3.05) is 19.0 Å². The van der Waals surface area contributed by atoms with E-state index >= 15 is 4.39 Å². The Labute approximate surface area is 187 Å². The quantitative estimate of drug-likeness (QED) is 0.441. The van der Waals surface area contributed by atoms with Gasteiger partial charge in [-0.05, 0) is 56.4 Å². The van der Waals surface area contributed by atoms with Gasteiger partial charge in [0.25, 0.3) is 5.92 Å². The number of benzene rings is 2. The van der Waals surface area contributed by atoms with Crippen LogP contribution in [0.3, 0.4) is 0 Å². The lowest BCUT2D eigenvalue weighted by Crippen LogP contribution is -2.23. The second-order valence-electron chi connectivity index (χ2n) is 7.90. The molecule has 1 aliphatic rings. The van der Waals surface area contributed by atoms with Gasteiger partial charge in [-0.25, -0.2) is 14.4 Å². The number of fused-ring (bicyclic) bond motifs is 3. The summed E-state index contributed by atoms with van der Waals surface area (Å²) < 4.78 is 49.3. The molecule has 4 nitrogen and oxygen atoms in total. The van der Waals surface area contributed by atoms with Crippen LogP contribution in [0.25, 0.3) is 10.9 Å². The standard InChI is InChI=1S/C23H23BrF3N3O/c1-12(14-6-5-9-18(20(14)25)23(26,27)11-31-3)28-22-17-10-19(24)15-7-4-8-16(15)21(17)29-13(2)30-22/h5-6,9-10,12H,4,7-8,11H2,1-3H3,(H,28,29,30)/t12-/m1/s1. The van der Waals surface area contributed by atoms with Gasteiger partial charge < -0.3 is 10.1 Å². The van der Waals surface area contributed by atoms with E-state index in [9.17, 15) is 8.78 Å². The lowest BCUT2D eigenvalue weighted by Gasteiger charge is -2.22. The van der Waals surface area contributed by atoms with Crippen molar-refractivity contribution in [3.05, 3.63) is 62.6 Å². The van der Waals surface area contributed by atoms with Gasteiger partial charge in [0.1, 0.15) is 24.1 Å². The molecule has 31 heavy (non-hydrogen) atoms. The van der Waals surface area contributed by atoms with Crippen molar-refractivity contribution in [2.45, 2.75) is 45.1 Å². The van der Waals surface area contributed by atoms with E-state index < -0.39 is 30.0 Å². The molecule has 1 aromatic heterocycles. The van der Waals surface area contributed by atoms with E-state index in [1.807, 2.05) is 13.0 Å². The van der Waals surface area contributed by atoms with Gasteiger partial charge in [0.15, 0.2) is 0 Å². The number of anilines is 1. The fourth-order valence-corrected chi connectivity index (χ4v) is 4.92. The summed E-state index contributed by atoms with van der Waals surface area (Å²) in [6.45, 7) is 2.65. The largest absolute Gasteiger partial charge is 0.378 e. The highest BCUT2D eigenvalue weighted by atomic mass is 79.9. The van der Waals surface area contributed by atoms with Crippen LogP contribution in [0.4, 0.5) is 19.0 Å². The number of hydrogen-bond donors (Lipinski definition) is 1. The fraction of sp³-hybridized carbons (Fsp3) is 0.391. The summed E-state index contributed by atoms with van der Waals surface area (Å²) in [5.41, 5.74) is 2.82. The monoisotopic (exact) mass is 493 g/mol. The molecule has 0 aliphatic heterocycles. The van der Waals surface area contributed by atoms with E-state index in [-0.39, 0.29) is 5.56 Å². The Morgan fingerprint density at radius 1 is 1.23 bits per heavy atom. The molecule has 8 heteroatoms. The molecular weight excluding hydrogens is 471 g/mol. The predicted octanol–water partition coefficient (Wildman–Crippen LogP) is 6.24. The summed E-state index contributed by atoms with van der Waals surface area (Å²) >= 11 is 3.65. The number of nitrogens with one attached hydrogen (secondary N) is 1. The molecule has 0 spiro atoms. The van der Waals surface area contributed by atoms with Crippen molar-refractivity contribution in [1.29, 1.82) is 0 Å². The minimum Gasteiger partial charge on any atom is -0.378 e. The number of ether oxygens (including phenoxy) is 1. The minimum atomic E-state index is -3.42. The molecular formula is C23H23BrF3N3O. The zero-order chi connectivity index (χ0) is 22.3. The van der Waals surface area contributed by atoms with Gasteiger partial charge in [-0.3, -0.25) is 0 Å². The Morgan fingerprint density at radius 3 is 2.71 bits per heavy atom. The Balaban J connectivity index is 1.75. The molecule has 3 aromatic rings. The first-order valence-corrected chi connectivity index (χ1v) is 10.9. The number of nitrogens with zero attached hydrogens (tertiary/aromatic N) is 2. The molecule has 1 N–H and O–H groups in total. The van der Waals surface area contributed by atoms with E-state index in [0.29, 0.717) is 11.6 Å². The van der Waals surface area contributed by atoms with Crippen LogP contribution < -0.4 is 5.32 Å². The van der Waals surface area contributed by atoms with Crippen LogP contribution in [-0.2, 0) is 23.5 Å². The molecule has 0 saturated heterocycles. The third-order valence-electron chi connectivity index (χ3n) is 5.69. The highest BCUT2D eigenvalue weighted by Crippen LogP contribution is 2.38. The van der Waals surface area contributed by atoms with Crippen molar-refractivity contribution in [2.24, 2.45) is 0 Å². The number of hydrogen-bond acceptors (Lipinski definition) is 4. The van der Waals surface area contributed by atoms with Gasteiger partial charge in [-0.15, -0.1) is 0 Å². The maximum Gasteiger partial charge on any atom is 0.298 e. The number of halogens is 4. The number of methoxy groups -OCH3 is 1. The summed E-state index contributed by atoms with van der Waals surface area (Å²) in [5, 5.41) is 4.05. The lowest BCUT2D eigenvalue weighted by atomic mass is 10.00. The molecule has 0 radical (unpaired) electrons. The molecule has 1 aliphatic carbocycles. The zero-order valence-corrected chi connectivity index (χ0v) is 19.1. The molecule has 0 bridgehead atoms. The van der Waals surface area contributed by atoms with Crippen molar-refractivity contribution >= 4 is 32.7 Å². The number of aryl methyl sites for hydroxylation is 2. The number of alkyl halides is 2. The van der Waals surface area contributed by atoms with Crippen LogP contribution in [0.1, 0.15) is 47.5 Å². The van der Waals surface area contributed by atoms with E-state index in [2.05, 4.69) is 36.0 Å². The molecule has 0 amide bonds. The highest BCUT2D eigenvalue weighted by Gasteiger charge is 2.36. The molecule has 2 aromatic carbocycles. The first kappa shape index (κ1) is 22.0. The Hall–Kier alpha value is -2.19. The van der Waals surface area contributed by atoms with Crippen LogP contribution in [0, 0.1) is 12.7 Å². The van der Waals surface area contributed by atoms with Crippen LogP contribution in [0.2, 0.25) is 0 Å². The van der Waals surface area contributed by atoms with Gasteiger partial charge >= 0.3 is 0 Å². The highest BCUT2D eigenvalue weighted by molar-refractivity contribution is 9.10. The Morgan fingerprint density at radius 2 is 1.97 bits per heavy atom. The molecule has 164 valence electrons. The van der Waals surface area contributed by atoms with Gasteiger partial charge in [0, 0.05) is 22.5 Å². The van der Waals surface area contributed by atoms with Crippen molar-refractivity contribution in [3.8, 4) is 0 Å². The molecule has 1 heterocycles. The van der Waals surface area contributed by atoms with E-state index in [4.69, 9.17) is 0 Å². The van der Waals surface area contributed by atoms with Crippen LogP contribution >= 0.6 is 15.9 Å². The van der Waals surface area contributed by atoms with Crippen molar-refractivity contribution < 1.29 is 17.9 Å². The van der Waals surface area contributed by atoms with E-state index in [1.165, 1.54) is 23.3 Å². The lowest BCUT2D eigenvalue weighted by molar-refractivity contribution is -0.0722. The minimum absolute atomic E-state index is 0.137. The average molecular weight is 494 g/mol. The van der Waals surface area contributed by atoms with E-state index in [1.54, 1.807) is 6.92 Å². The second kappa shape index (κ2) is 8.39. The van der Waals surface area contributed by atoms with Gasteiger partial charge in [-0.2, -0.15) is 8.78 Å². The fourth-order valence-electron chi connectivity index (χ4n) is 4.25. The summed E-state index contributed by atoms with van der Waals surface area (Å²) in [5.74, 6) is -3.21. The smallest absolute Gasteiger partial charge is 0.298 e. The summed E-state index contributed by atoms with van der Waals surface area (Å²) in [7, 11) is 1.16. The summed E-state index contributed by atoms with van der Waals surface area (Å²) in [6.07, 6.45) is 3.02. The van der Waals surface area contributed by atoms with Crippen LogP contribution in [-0.4, -0.2) is 23.7 Å². The van der Waals surface area contributed by atoms with Gasteiger partial charge in [0.2, 0.25) is 0 Å². The third kappa shape index (κ3) is 4.03. The van der Waals surface area contributed by atoms with Gasteiger partial charge in [-0.1, -0.05) is 28.1 Å². The third-order valence-corrected chi connectivity index (χ3v) is 6.40. The van der Waals surface area contributed by atoms with Crippen molar-refractivity contribution in [3.63, 3.8) is 0 Å². The maximum atomic E-state index is 15.1. The molecule has 4 rings (SSSR count). The molecule has 0 saturated carbocycles. The topological polar surface area (TPSA) is 47.0 Å². The SMILES string of the molecule is COCC(F)(F)c1cccc([C@@H](C)Nc2nc(C)nc3c4c(c(Br)cc23)CCC4)c1F. The predicted molar refractivity (Wildman–Crippen MR) is 118 cm³/mol. The van der Waals surface area contributed by atoms with Crippen molar-refractivity contribution in [1.82, 2.24) is 9.97 Å². The zero-order valence-electron chi connectivity index (χ0n) is 17.5. The normalized spacial score (nSPS) is 14.7. The first-order chi connectivity index (χ1) is 14.7. The van der Waals surface area contributed by atoms with E-state index in [0.717, 1.165) is 47.8 Å². The average Bonchev–Trinajstić information content (AvgIpc) is 3.20. The molecule has 0 fully saturated rings. The Bertz CT molecular complexity index is 1150. The summed E-state index contributed by atoms with van der Waals surface area (Å²) in [6, 6.07) is 5.41. The first-order valence-electron chi connectivity index (χ1n) is 10.1. The molecule has 1 atom stereocenters. The van der Waals surface area contributed by atoms with Crippen LogP contribution in [0.15, 0.2) is 28.7 Å². The number of rotatable bonds is 6. The molecule has 0 unspecified atom stereocenters. The Kier molecular flexibility index (Phi) is 5.96. The van der Waals surface area contributed by atoms with Gasteiger partial charge in [0.05, 0.1) is 17.1 Å². The maximum absolute atomic E-state index is 15.1. The second-order valence-corrected chi connectivity index (χ2v) is 8.75.